The highest BCUT2D eigenvalue weighted by Gasteiger charge is 2.29. The van der Waals surface area contributed by atoms with Crippen molar-refractivity contribution >= 4 is 25.8 Å². The first-order valence-electron chi connectivity index (χ1n) is 6.23. The van der Waals surface area contributed by atoms with Gasteiger partial charge in [0.2, 0.25) is 10.0 Å². The summed E-state index contributed by atoms with van der Waals surface area (Å²) in [6, 6.07) is 4.82. The molecule has 2 rings (SSSR count). The number of sulfonamides is 1. The third-order valence-corrected chi connectivity index (χ3v) is 6.58. The Morgan fingerprint density at radius 1 is 1.29 bits per heavy atom. The molecule has 7 nitrogen and oxygen atoms in total. The number of carbonyl (C=O) groups is 1. The Labute approximate surface area is 123 Å². The minimum absolute atomic E-state index is 0.00386. The van der Waals surface area contributed by atoms with E-state index in [1.165, 1.54) is 24.3 Å². The lowest BCUT2D eigenvalue weighted by Gasteiger charge is -2.10. The molecule has 116 valence electrons. The molecule has 1 atom stereocenters. The van der Waals surface area contributed by atoms with Crippen molar-refractivity contribution < 1.29 is 26.7 Å². The molecule has 1 aromatic carbocycles. The van der Waals surface area contributed by atoms with Gasteiger partial charge in [-0.05, 0) is 36.6 Å². The topological polar surface area (TPSA) is 118 Å². The fraction of sp³-hybridized carbons (Fsp3) is 0.417. The highest BCUT2D eigenvalue weighted by molar-refractivity contribution is 7.91. The predicted octanol–water partition coefficient (Wildman–Crippen LogP) is 0.0978. The fourth-order valence-electron chi connectivity index (χ4n) is 2.12. The average Bonchev–Trinajstić information content (AvgIpc) is 2.76. The fourth-order valence-corrected chi connectivity index (χ4v) is 5.10. The normalized spacial score (nSPS) is 21.2. The zero-order valence-corrected chi connectivity index (χ0v) is 12.7. The molecule has 1 aromatic rings. The molecule has 1 fully saturated rings. The molecule has 0 bridgehead atoms. The summed E-state index contributed by atoms with van der Waals surface area (Å²) in [7, 11) is -6.81. The van der Waals surface area contributed by atoms with E-state index in [4.69, 9.17) is 5.11 Å². The molecule has 21 heavy (non-hydrogen) atoms. The molecule has 2 N–H and O–H groups in total. The maximum atomic E-state index is 12.0. The van der Waals surface area contributed by atoms with Gasteiger partial charge in [-0.3, -0.25) is 0 Å². The van der Waals surface area contributed by atoms with Gasteiger partial charge in [0.25, 0.3) is 0 Å². The van der Waals surface area contributed by atoms with Crippen LogP contribution in [0.25, 0.3) is 0 Å². The van der Waals surface area contributed by atoms with Crippen molar-refractivity contribution in [2.45, 2.75) is 11.3 Å². The Kier molecular flexibility index (Phi) is 4.35. The molecule has 1 saturated heterocycles. The minimum Gasteiger partial charge on any atom is -0.478 e. The smallest absolute Gasteiger partial charge is 0.335 e. The standard InChI is InChI=1S/C12H15NO6S2/c14-12(15)10-1-3-11(4-2-10)21(18,19)13-7-9-5-6-20(16,17)8-9/h1-4,9,13H,5-8H2,(H,14,15). The highest BCUT2D eigenvalue weighted by Crippen LogP contribution is 2.18. The number of benzene rings is 1. The Hall–Kier alpha value is -1.45. The minimum atomic E-state index is -3.77. The van der Waals surface area contributed by atoms with Gasteiger partial charge in [-0.15, -0.1) is 0 Å². The zero-order chi connectivity index (χ0) is 15.7. The number of carboxylic acid groups (broad SMARTS) is 1. The Bertz CT molecular complexity index is 736. The Balaban J connectivity index is 2.03. The van der Waals surface area contributed by atoms with Crippen molar-refractivity contribution in [1.29, 1.82) is 0 Å². The van der Waals surface area contributed by atoms with Crippen LogP contribution < -0.4 is 4.72 Å². The van der Waals surface area contributed by atoms with E-state index in [2.05, 4.69) is 4.72 Å². The molecular weight excluding hydrogens is 318 g/mol. The molecule has 9 heteroatoms. The average molecular weight is 333 g/mol. The lowest BCUT2D eigenvalue weighted by atomic mass is 10.1. The van der Waals surface area contributed by atoms with Crippen molar-refractivity contribution in [3.8, 4) is 0 Å². The van der Waals surface area contributed by atoms with Crippen LogP contribution in [0.15, 0.2) is 29.2 Å². The quantitative estimate of drug-likeness (QED) is 0.789. The van der Waals surface area contributed by atoms with Gasteiger partial charge in [-0.1, -0.05) is 0 Å². The summed E-state index contributed by atoms with van der Waals surface area (Å²) in [4.78, 5) is 10.7. The molecule has 1 aliphatic rings. The Morgan fingerprint density at radius 2 is 1.90 bits per heavy atom. The molecule has 0 aromatic heterocycles. The lowest BCUT2D eigenvalue weighted by molar-refractivity contribution is 0.0696. The van der Waals surface area contributed by atoms with Crippen LogP contribution in [-0.4, -0.2) is 46.0 Å². The summed E-state index contributed by atoms with van der Waals surface area (Å²) in [6.07, 6.45) is 0.447. The second-order valence-electron chi connectivity index (χ2n) is 4.95. The van der Waals surface area contributed by atoms with Crippen LogP contribution in [-0.2, 0) is 19.9 Å². The maximum absolute atomic E-state index is 12.0. The monoisotopic (exact) mass is 333 g/mol. The highest BCUT2D eigenvalue weighted by atomic mass is 32.2. The Morgan fingerprint density at radius 3 is 2.38 bits per heavy atom. The summed E-state index contributed by atoms with van der Waals surface area (Å²) in [5.41, 5.74) is -0.00386. The van der Waals surface area contributed by atoms with Gasteiger partial charge in [0, 0.05) is 6.54 Å². The molecule has 0 saturated carbocycles. The van der Waals surface area contributed by atoms with Crippen molar-refractivity contribution in [3.05, 3.63) is 29.8 Å². The largest absolute Gasteiger partial charge is 0.478 e. The SMILES string of the molecule is O=C(O)c1ccc(S(=O)(=O)NCC2CCS(=O)(=O)C2)cc1. The lowest BCUT2D eigenvalue weighted by Crippen LogP contribution is -2.30. The van der Waals surface area contributed by atoms with Crippen LogP contribution in [0.1, 0.15) is 16.8 Å². The molecule has 1 heterocycles. The van der Waals surface area contributed by atoms with Crippen LogP contribution in [0.4, 0.5) is 0 Å². The summed E-state index contributed by atoms with van der Waals surface area (Å²) in [5, 5.41) is 8.75. The summed E-state index contributed by atoms with van der Waals surface area (Å²) >= 11 is 0. The number of hydrogen-bond acceptors (Lipinski definition) is 5. The second-order valence-corrected chi connectivity index (χ2v) is 8.95. The first-order chi connectivity index (χ1) is 9.70. The van der Waals surface area contributed by atoms with E-state index in [-0.39, 0.29) is 34.4 Å². The molecule has 0 amide bonds. The van der Waals surface area contributed by atoms with Crippen LogP contribution >= 0.6 is 0 Å². The van der Waals surface area contributed by atoms with E-state index >= 15 is 0 Å². The maximum Gasteiger partial charge on any atom is 0.335 e. The van der Waals surface area contributed by atoms with E-state index in [0.29, 0.717) is 6.42 Å². The molecule has 1 aliphatic heterocycles. The number of aromatic carboxylic acids is 1. The first-order valence-corrected chi connectivity index (χ1v) is 9.53. The third kappa shape index (κ3) is 4.02. The van der Waals surface area contributed by atoms with Crippen LogP contribution in [0.3, 0.4) is 0 Å². The van der Waals surface area contributed by atoms with Gasteiger partial charge in [0.05, 0.1) is 22.0 Å². The summed E-state index contributed by atoms with van der Waals surface area (Å²) in [6.45, 7) is 0.0578. The predicted molar refractivity (Wildman–Crippen MR) is 75.4 cm³/mol. The van der Waals surface area contributed by atoms with Crippen LogP contribution in [0.2, 0.25) is 0 Å². The third-order valence-electron chi connectivity index (χ3n) is 3.30. The molecule has 0 aliphatic carbocycles. The summed E-state index contributed by atoms with van der Waals surface area (Å²) < 4.78 is 49.0. The molecule has 1 unspecified atom stereocenters. The van der Waals surface area contributed by atoms with Crippen molar-refractivity contribution in [2.24, 2.45) is 5.92 Å². The van der Waals surface area contributed by atoms with Gasteiger partial charge >= 0.3 is 5.97 Å². The number of carboxylic acids is 1. The number of sulfone groups is 1. The number of nitrogens with one attached hydrogen (secondary N) is 1. The first kappa shape index (κ1) is 15.9. The molecule has 0 spiro atoms. The second kappa shape index (κ2) is 5.74. The number of rotatable bonds is 5. The van der Waals surface area contributed by atoms with E-state index in [9.17, 15) is 21.6 Å². The van der Waals surface area contributed by atoms with Gasteiger partial charge in [-0.25, -0.2) is 26.4 Å². The summed E-state index contributed by atoms with van der Waals surface area (Å²) in [5.74, 6) is -1.27. The zero-order valence-electron chi connectivity index (χ0n) is 11.0. The van der Waals surface area contributed by atoms with Gasteiger partial charge in [-0.2, -0.15) is 0 Å². The van der Waals surface area contributed by atoms with Gasteiger partial charge in [0.1, 0.15) is 0 Å². The van der Waals surface area contributed by atoms with E-state index in [0.717, 1.165) is 0 Å². The van der Waals surface area contributed by atoms with E-state index in [1.54, 1.807) is 0 Å². The van der Waals surface area contributed by atoms with E-state index in [1.807, 2.05) is 0 Å². The van der Waals surface area contributed by atoms with Crippen LogP contribution in [0.5, 0.6) is 0 Å². The van der Waals surface area contributed by atoms with E-state index < -0.39 is 25.8 Å². The van der Waals surface area contributed by atoms with Crippen LogP contribution in [0, 0.1) is 5.92 Å². The number of hydrogen-bond donors (Lipinski definition) is 2. The van der Waals surface area contributed by atoms with Gasteiger partial charge in [0.15, 0.2) is 9.84 Å². The van der Waals surface area contributed by atoms with Gasteiger partial charge < -0.3 is 5.11 Å². The van der Waals surface area contributed by atoms with Crippen molar-refractivity contribution in [1.82, 2.24) is 4.72 Å². The van der Waals surface area contributed by atoms with Crippen molar-refractivity contribution in [2.75, 3.05) is 18.1 Å². The molecular formula is C12H15NO6S2. The molecule has 0 radical (unpaired) electrons. The van der Waals surface area contributed by atoms with Crippen molar-refractivity contribution in [3.63, 3.8) is 0 Å².